The quantitative estimate of drug-likeness (QED) is 0.315. The molecule has 0 fully saturated rings. The molecular weight excluding hydrogens is 340 g/mol. The van der Waals surface area contributed by atoms with Gasteiger partial charge in [0.25, 0.3) is 0 Å². The lowest BCUT2D eigenvalue weighted by Crippen LogP contribution is -2.07. The third-order valence-electron chi connectivity index (χ3n) is 4.23. The van der Waals surface area contributed by atoms with Gasteiger partial charge in [-0.1, -0.05) is 25.5 Å². The van der Waals surface area contributed by atoms with Crippen molar-refractivity contribution in [2.24, 2.45) is 0 Å². The van der Waals surface area contributed by atoms with E-state index in [0.29, 0.717) is 13.2 Å². The molecule has 0 heterocycles. The summed E-state index contributed by atoms with van der Waals surface area (Å²) in [7, 11) is 1.62. The average molecular weight is 368 g/mol. The maximum Gasteiger partial charge on any atom is 0.142 e. The number of rotatable bonds is 11. The van der Waals surface area contributed by atoms with E-state index < -0.39 is 0 Å². The number of allylic oxidation sites excluding steroid dienone is 1. The zero-order valence-electron chi connectivity index (χ0n) is 16.4. The fraction of sp³-hybridized carbons (Fsp3) is 0.348. The van der Waals surface area contributed by atoms with Crippen LogP contribution in [0.5, 0.6) is 11.5 Å². The van der Waals surface area contributed by atoms with E-state index in [9.17, 15) is 4.79 Å². The topological polar surface area (TPSA) is 44.8 Å². The van der Waals surface area contributed by atoms with Crippen molar-refractivity contribution in [3.8, 4) is 22.6 Å². The minimum Gasteiger partial charge on any atom is -0.496 e. The van der Waals surface area contributed by atoms with Crippen LogP contribution in [0.3, 0.4) is 0 Å². The van der Waals surface area contributed by atoms with Gasteiger partial charge in [-0.3, -0.25) is 4.79 Å². The first-order valence-corrected chi connectivity index (χ1v) is 9.31. The van der Waals surface area contributed by atoms with Crippen LogP contribution in [-0.2, 0) is 9.53 Å². The molecule has 2 aromatic carbocycles. The number of hydrogen-bond donors (Lipinski definition) is 0. The molecule has 2 rings (SSSR count). The van der Waals surface area contributed by atoms with Gasteiger partial charge in [-0.2, -0.15) is 0 Å². The number of aldehydes is 1. The molecule has 0 bridgehead atoms. The van der Waals surface area contributed by atoms with Gasteiger partial charge in [-0.15, -0.1) is 0 Å². The van der Waals surface area contributed by atoms with Crippen LogP contribution < -0.4 is 9.47 Å². The van der Waals surface area contributed by atoms with Crippen molar-refractivity contribution in [1.29, 1.82) is 0 Å². The SMILES string of the molecule is CCCCOCCOc1ccc(-c2ccc(OC)c(/C=C/C=O)c2)c(C)c1. The van der Waals surface area contributed by atoms with Crippen LogP contribution in [0.1, 0.15) is 30.9 Å². The van der Waals surface area contributed by atoms with Crippen molar-refractivity contribution in [3.63, 3.8) is 0 Å². The summed E-state index contributed by atoms with van der Waals surface area (Å²) in [5.41, 5.74) is 4.17. The molecule has 0 N–H and O–H groups in total. The van der Waals surface area contributed by atoms with E-state index in [4.69, 9.17) is 14.2 Å². The van der Waals surface area contributed by atoms with E-state index in [0.717, 1.165) is 59.5 Å². The second-order valence-corrected chi connectivity index (χ2v) is 6.24. The number of unbranched alkanes of at least 4 members (excludes halogenated alkanes) is 1. The fourth-order valence-corrected chi connectivity index (χ4v) is 2.79. The van der Waals surface area contributed by atoms with Crippen molar-refractivity contribution >= 4 is 12.4 Å². The summed E-state index contributed by atoms with van der Waals surface area (Å²) >= 11 is 0. The Kier molecular flexibility index (Phi) is 8.59. The van der Waals surface area contributed by atoms with Gasteiger partial charge >= 0.3 is 0 Å². The summed E-state index contributed by atoms with van der Waals surface area (Å²) in [4.78, 5) is 10.6. The molecular formula is C23H28O4. The van der Waals surface area contributed by atoms with Crippen LogP contribution in [0.15, 0.2) is 42.5 Å². The molecule has 27 heavy (non-hydrogen) atoms. The molecule has 0 aliphatic carbocycles. The Balaban J connectivity index is 2.08. The molecule has 4 heteroatoms. The van der Waals surface area contributed by atoms with Crippen molar-refractivity contribution in [1.82, 2.24) is 0 Å². The predicted molar refractivity (Wildman–Crippen MR) is 109 cm³/mol. The molecule has 0 amide bonds. The number of hydrogen-bond acceptors (Lipinski definition) is 4. The summed E-state index contributed by atoms with van der Waals surface area (Å²) < 4.78 is 16.7. The van der Waals surface area contributed by atoms with Gasteiger partial charge < -0.3 is 14.2 Å². The summed E-state index contributed by atoms with van der Waals surface area (Å²) in [6.45, 7) is 6.15. The molecule has 0 spiro atoms. The highest BCUT2D eigenvalue weighted by molar-refractivity contribution is 5.78. The molecule has 0 aromatic heterocycles. The smallest absolute Gasteiger partial charge is 0.142 e. The zero-order chi connectivity index (χ0) is 19.5. The minimum absolute atomic E-state index is 0.547. The lowest BCUT2D eigenvalue weighted by molar-refractivity contribution is -0.104. The lowest BCUT2D eigenvalue weighted by Gasteiger charge is -2.12. The van der Waals surface area contributed by atoms with Gasteiger partial charge in [0.05, 0.1) is 13.7 Å². The minimum atomic E-state index is 0.547. The monoisotopic (exact) mass is 368 g/mol. The summed E-state index contributed by atoms with van der Waals surface area (Å²) in [5, 5.41) is 0. The first kappa shape index (κ1) is 20.7. The molecule has 0 radical (unpaired) electrons. The number of aryl methyl sites for hydroxylation is 1. The van der Waals surface area contributed by atoms with E-state index in [2.05, 4.69) is 19.9 Å². The Morgan fingerprint density at radius 1 is 1.04 bits per heavy atom. The third-order valence-corrected chi connectivity index (χ3v) is 4.23. The molecule has 2 aromatic rings. The number of carbonyl (C=O) groups is 1. The maximum atomic E-state index is 10.6. The second kappa shape index (κ2) is 11.2. The molecule has 0 aliphatic rings. The Morgan fingerprint density at radius 2 is 1.89 bits per heavy atom. The molecule has 0 atom stereocenters. The van der Waals surface area contributed by atoms with Crippen LogP contribution in [0.2, 0.25) is 0 Å². The van der Waals surface area contributed by atoms with E-state index in [-0.39, 0.29) is 0 Å². The van der Waals surface area contributed by atoms with Crippen molar-refractivity contribution < 1.29 is 19.0 Å². The van der Waals surface area contributed by atoms with E-state index in [1.807, 2.05) is 30.3 Å². The summed E-state index contributed by atoms with van der Waals surface area (Å²) in [5.74, 6) is 1.57. The van der Waals surface area contributed by atoms with Gasteiger partial charge in [0.2, 0.25) is 0 Å². The van der Waals surface area contributed by atoms with E-state index >= 15 is 0 Å². The number of ether oxygens (including phenoxy) is 3. The third kappa shape index (κ3) is 6.26. The first-order chi connectivity index (χ1) is 13.2. The highest BCUT2D eigenvalue weighted by atomic mass is 16.5. The second-order valence-electron chi connectivity index (χ2n) is 6.24. The van der Waals surface area contributed by atoms with Crippen LogP contribution in [0, 0.1) is 6.92 Å². The first-order valence-electron chi connectivity index (χ1n) is 9.31. The van der Waals surface area contributed by atoms with E-state index in [1.54, 1.807) is 13.2 Å². The average Bonchev–Trinajstić information content (AvgIpc) is 2.69. The number of carbonyl (C=O) groups excluding carboxylic acids is 1. The number of benzene rings is 2. The van der Waals surface area contributed by atoms with Crippen LogP contribution in [0.4, 0.5) is 0 Å². The van der Waals surface area contributed by atoms with Crippen LogP contribution in [-0.4, -0.2) is 33.2 Å². The van der Waals surface area contributed by atoms with Crippen molar-refractivity contribution in [3.05, 3.63) is 53.6 Å². The summed E-state index contributed by atoms with van der Waals surface area (Å²) in [6.07, 6.45) is 6.20. The molecule has 144 valence electrons. The highest BCUT2D eigenvalue weighted by Gasteiger charge is 2.07. The van der Waals surface area contributed by atoms with E-state index in [1.165, 1.54) is 6.08 Å². The highest BCUT2D eigenvalue weighted by Crippen LogP contribution is 2.31. The number of methoxy groups -OCH3 is 1. The Bertz CT molecular complexity index is 765. The maximum absolute atomic E-state index is 10.6. The molecule has 0 saturated heterocycles. The van der Waals surface area contributed by atoms with Gasteiger partial charge in [-0.25, -0.2) is 0 Å². The van der Waals surface area contributed by atoms with Crippen LogP contribution in [0.25, 0.3) is 17.2 Å². The largest absolute Gasteiger partial charge is 0.496 e. The lowest BCUT2D eigenvalue weighted by atomic mass is 9.98. The predicted octanol–water partition coefficient (Wildman–Crippen LogP) is 5.08. The zero-order valence-corrected chi connectivity index (χ0v) is 16.4. The van der Waals surface area contributed by atoms with Crippen molar-refractivity contribution in [2.45, 2.75) is 26.7 Å². The van der Waals surface area contributed by atoms with Gasteiger partial charge in [-0.05, 0) is 66.5 Å². The van der Waals surface area contributed by atoms with Gasteiger partial charge in [0.1, 0.15) is 24.4 Å². The van der Waals surface area contributed by atoms with Crippen molar-refractivity contribution in [2.75, 3.05) is 26.9 Å². The van der Waals surface area contributed by atoms with Crippen LogP contribution >= 0.6 is 0 Å². The Morgan fingerprint density at radius 3 is 2.59 bits per heavy atom. The summed E-state index contributed by atoms with van der Waals surface area (Å²) in [6, 6.07) is 12.0. The Labute approximate surface area is 161 Å². The van der Waals surface area contributed by atoms with Gasteiger partial charge in [0.15, 0.2) is 0 Å². The normalized spacial score (nSPS) is 10.9. The molecule has 0 unspecified atom stereocenters. The molecule has 0 saturated carbocycles. The Hall–Kier alpha value is -2.59. The standard InChI is InChI=1S/C23H28O4/c1-4-5-13-26-14-15-27-21-9-10-22(18(2)16-21)19-8-11-23(25-3)20(17-19)7-6-12-24/h6-12,16-17H,4-5,13-15H2,1-3H3/b7-6+. The molecule has 4 nitrogen and oxygen atoms in total. The fourth-order valence-electron chi connectivity index (χ4n) is 2.79. The molecule has 0 aliphatic heterocycles. The van der Waals surface area contributed by atoms with Gasteiger partial charge in [0, 0.05) is 12.2 Å².